The average Bonchev–Trinajstić information content (AvgIpc) is 3.56. The predicted octanol–water partition coefficient (Wildman–Crippen LogP) is 4.33. The quantitative estimate of drug-likeness (QED) is 0.214. The van der Waals surface area contributed by atoms with Crippen molar-refractivity contribution >= 4 is 54.7 Å². The molecule has 0 bridgehead atoms. The molecule has 0 radical (unpaired) electrons. The normalized spacial score (nSPS) is 14.3. The van der Waals surface area contributed by atoms with Crippen molar-refractivity contribution in [3.63, 3.8) is 0 Å². The Morgan fingerprint density at radius 3 is 1.78 bits per heavy atom. The number of ether oxygens (including phenoxy) is 1. The van der Waals surface area contributed by atoms with Crippen LogP contribution in [0.2, 0.25) is 0 Å². The van der Waals surface area contributed by atoms with Gasteiger partial charge >= 0.3 is 225 Å². The van der Waals surface area contributed by atoms with Crippen LogP contribution in [0.4, 0.5) is 0 Å². The molecule has 0 saturated carbocycles. The second-order valence-corrected chi connectivity index (χ2v) is 12.7. The number of esters is 1. The van der Waals surface area contributed by atoms with Crippen molar-refractivity contribution in [2.45, 2.75) is 13.0 Å². The zero-order valence-corrected chi connectivity index (χ0v) is 23.1. The molecule has 2 aromatic heterocycles. The summed E-state index contributed by atoms with van der Waals surface area (Å²) in [5.74, 6) is -0.309. The number of fused-ring (bicyclic) bond motifs is 3. The summed E-state index contributed by atoms with van der Waals surface area (Å²) in [6, 6.07) is 30.9. The maximum atomic E-state index is 12.5. The Balaban J connectivity index is 0.000000141. The first kappa shape index (κ1) is 23.7. The van der Waals surface area contributed by atoms with Gasteiger partial charge in [-0.3, -0.25) is 0 Å². The molecule has 1 aliphatic heterocycles. The van der Waals surface area contributed by atoms with Gasteiger partial charge in [0, 0.05) is 0 Å². The molecule has 0 saturated heterocycles. The van der Waals surface area contributed by atoms with Crippen LogP contribution in [-0.4, -0.2) is 42.6 Å². The Kier molecular flexibility index (Phi) is 6.19. The Hall–Kier alpha value is -3.67. The van der Waals surface area contributed by atoms with Crippen molar-refractivity contribution in [3.05, 3.63) is 129 Å². The van der Waals surface area contributed by atoms with Crippen molar-refractivity contribution in [3.8, 4) is 11.4 Å². The second kappa shape index (κ2) is 9.65. The van der Waals surface area contributed by atoms with E-state index in [9.17, 15) is 14.4 Å². The van der Waals surface area contributed by atoms with Gasteiger partial charge in [-0.2, -0.15) is 0 Å². The van der Waals surface area contributed by atoms with Crippen LogP contribution >= 0.6 is 0 Å². The molecule has 1 unspecified atom stereocenters. The summed E-state index contributed by atoms with van der Waals surface area (Å²) in [5, 5.41) is 1.61. The van der Waals surface area contributed by atoms with Gasteiger partial charge in [0.2, 0.25) is 0 Å². The molecule has 1 aliphatic rings. The van der Waals surface area contributed by atoms with E-state index in [0.29, 0.717) is 5.56 Å². The fraction of sp³-hybridized carbons (Fsp3) is 0.0690. The molecular weight excluding hydrogens is 598 g/mol. The van der Waals surface area contributed by atoms with Crippen LogP contribution in [0.5, 0.6) is 0 Å². The van der Waals surface area contributed by atoms with E-state index in [1.165, 1.54) is 4.26 Å². The van der Waals surface area contributed by atoms with Crippen LogP contribution in [-0.2, 0) is 4.74 Å². The Morgan fingerprint density at radius 2 is 1.19 bits per heavy atom. The topological polar surface area (TPSA) is 70.3 Å². The van der Waals surface area contributed by atoms with Crippen LogP contribution in [0, 0.1) is 0 Å². The van der Waals surface area contributed by atoms with Crippen molar-refractivity contribution < 1.29 is 9.53 Å². The number of carbonyl (C=O) groups is 1. The first-order valence-corrected chi connectivity index (χ1v) is 14.9. The molecule has 0 spiro atoms. The fourth-order valence-electron chi connectivity index (χ4n) is 4.34. The summed E-state index contributed by atoms with van der Waals surface area (Å²) in [6.45, 7) is 1.85. The van der Waals surface area contributed by atoms with E-state index in [0.717, 1.165) is 32.0 Å². The molecule has 182 valence electrons. The van der Waals surface area contributed by atoms with E-state index in [-0.39, 0.29) is 52.7 Å². The Bertz CT molecular complexity index is 1900. The molecule has 7 rings (SSSR count). The Morgan fingerprint density at radius 1 is 0.649 bits per heavy atom. The van der Waals surface area contributed by atoms with E-state index < -0.39 is 0 Å². The number of hydrogen-bond acceptors (Lipinski definition) is 4. The summed E-state index contributed by atoms with van der Waals surface area (Å²) in [6.07, 6.45) is -0.210. The first-order chi connectivity index (χ1) is 18.0. The molecule has 37 heavy (non-hydrogen) atoms. The van der Waals surface area contributed by atoms with Crippen LogP contribution in [0.1, 0.15) is 28.9 Å². The Labute approximate surface area is 223 Å². The predicted molar refractivity (Wildman–Crippen MR) is 147 cm³/mol. The van der Waals surface area contributed by atoms with Gasteiger partial charge < -0.3 is 0 Å². The number of benzene rings is 4. The van der Waals surface area contributed by atoms with Gasteiger partial charge in [-0.05, 0) is 0 Å². The standard InChI is InChI=1S/C16H11NO3Se.C13H9NOSe/c1-9-11-7-6-10(8-13(11)16(19)20-9)17-15(18)12-4-2-3-5-14(12)21-17;15-13-11-8-4-5-9-12(11)16-14(13)10-6-2-1-3-7-10/h2-9H,1H3;1-9H. The maximum absolute atomic E-state index is 12.5. The number of hydrogen-bond donors (Lipinski definition) is 0. The van der Waals surface area contributed by atoms with Crippen molar-refractivity contribution in [2.24, 2.45) is 0 Å². The molecule has 0 fully saturated rings. The van der Waals surface area contributed by atoms with Gasteiger partial charge in [-0.1, -0.05) is 0 Å². The van der Waals surface area contributed by atoms with E-state index in [2.05, 4.69) is 0 Å². The van der Waals surface area contributed by atoms with Gasteiger partial charge in [0.15, 0.2) is 0 Å². The van der Waals surface area contributed by atoms with Crippen LogP contribution < -0.4 is 11.1 Å². The summed E-state index contributed by atoms with van der Waals surface area (Å²) in [7, 11) is 0. The van der Waals surface area contributed by atoms with Gasteiger partial charge in [-0.15, -0.1) is 0 Å². The van der Waals surface area contributed by atoms with Gasteiger partial charge in [0.1, 0.15) is 0 Å². The van der Waals surface area contributed by atoms with Crippen molar-refractivity contribution in [1.82, 2.24) is 7.12 Å². The minimum atomic E-state index is -0.309. The molecule has 6 nitrogen and oxygen atoms in total. The third-order valence-electron chi connectivity index (χ3n) is 6.19. The number of cyclic esters (lactones) is 1. The summed E-state index contributed by atoms with van der Waals surface area (Å²) in [4.78, 5) is 36.4. The van der Waals surface area contributed by atoms with E-state index in [1.807, 2.05) is 101 Å². The average molecular weight is 618 g/mol. The molecule has 3 heterocycles. The SMILES string of the molecule is CC1OC(=O)c2cc(-n3[se]c4ccccc4c3=O)ccc21.O=c1c2ccccc2[se]n1-c1ccccc1. The molecule has 6 aromatic rings. The van der Waals surface area contributed by atoms with E-state index >= 15 is 0 Å². The molecule has 0 N–H and O–H groups in total. The number of nitrogens with zero attached hydrogens (tertiary/aromatic N) is 2. The molecule has 0 amide bonds. The fourth-order valence-corrected chi connectivity index (χ4v) is 8.51. The third kappa shape index (κ3) is 4.28. The summed E-state index contributed by atoms with van der Waals surface area (Å²) >= 11 is -0.00886. The van der Waals surface area contributed by atoms with Crippen molar-refractivity contribution in [1.29, 1.82) is 0 Å². The number of aromatic nitrogens is 2. The van der Waals surface area contributed by atoms with Crippen LogP contribution in [0.15, 0.2) is 107 Å². The third-order valence-corrected chi connectivity index (χ3v) is 10.9. The van der Waals surface area contributed by atoms with Crippen LogP contribution in [0.25, 0.3) is 30.7 Å². The summed E-state index contributed by atoms with van der Waals surface area (Å²) in [5.41, 5.74) is 3.34. The zero-order chi connectivity index (χ0) is 25.5. The van der Waals surface area contributed by atoms with Crippen molar-refractivity contribution in [2.75, 3.05) is 0 Å². The molecular formula is C29H20N2O4Se2. The van der Waals surface area contributed by atoms with Gasteiger partial charge in [0.25, 0.3) is 0 Å². The second-order valence-electron chi connectivity index (χ2n) is 8.53. The molecule has 0 aliphatic carbocycles. The van der Waals surface area contributed by atoms with Gasteiger partial charge in [-0.25, -0.2) is 0 Å². The molecule has 4 aromatic carbocycles. The van der Waals surface area contributed by atoms with Gasteiger partial charge in [0.05, 0.1) is 0 Å². The molecule has 1 atom stereocenters. The summed E-state index contributed by atoms with van der Waals surface area (Å²) < 4.78 is 11.1. The molecule has 8 heteroatoms. The van der Waals surface area contributed by atoms with Crippen LogP contribution in [0.3, 0.4) is 0 Å². The van der Waals surface area contributed by atoms with E-state index in [4.69, 9.17) is 4.74 Å². The zero-order valence-electron chi connectivity index (χ0n) is 19.7. The van der Waals surface area contributed by atoms with E-state index in [1.54, 1.807) is 9.63 Å². The monoisotopic (exact) mass is 620 g/mol. The minimum absolute atomic E-state index is 0.00460. The first-order valence-electron chi connectivity index (χ1n) is 11.6. The number of rotatable bonds is 2. The number of carbonyl (C=O) groups excluding carboxylic acids is 1. The number of para-hydroxylation sites is 1.